The van der Waals surface area contributed by atoms with Crippen LogP contribution in [0.1, 0.15) is 25.3 Å². The molecular formula is C16H18N2O2. The highest BCUT2D eigenvalue weighted by atomic mass is 16.2. The average Bonchev–Trinajstić information content (AvgIpc) is 3.28. The maximum absolute atomic E-state index is 12.2. The van der Waals surface area contributed by atoms with Crippen LogP contribution in [0.5, 0.6) is 0 Å². The molecule has 4 nitrogen and oxygen atoms in total. The van der Waals surface area contributed by atoms with Crippen LogP contribution in [-0.2, 0) is 13.0 Å². The van der Waals surface area contributed by atoms with Crippen molar-refractivity contribution in [2.75, 3.05) is 0 Å². The van der Waals surface area contributed by atoms with Crippen LogP contribution < -0.4 is 11.1 Å². The van der Waals surface area contributed by atoms with Gasteiger partial charge < -0.3 is 4.57 Å². The Balaban J connectivity index is 2.03. The summed E-state index contributed by atoms with van der Waals surface area (Å²) in [7, 11) is 0. The van der Waals surface area contributed by atoms with Crippen LogP contribution in [0.2, 0.25) is 0 Å². The summed E-state index contributed by atoms with van der Waals surface area (Å²) in [6.07, 6.45) is 6.64. The van der Waals surface area contributed by atoms with Gasteiger partial charge in [-0.2, -0.15) is 0 Å². The number of hydrogen-bond donors (Lipinski definition) is 0. The molecule has 4 heteroatoms. The Kier molecular flexibility index (Phi) is 3.30. The molecule has 2 aromatic rings. The lowest BCUT2D eigenvalue weighted by Gasteiger charge is -2.09. The molecule has 1 aromatic heterocycles. The number of aryl methyl sites for hydroxylation is 1. The van der Waals surface area contributed by atoms with E-state index in [2.05, 4.69) is 6.92 Å². The Morgan fingerprint density at radius 1 is 1.15 bits per heavy atom. The van der Waals surface area contributed by atoms with Crippen molar-refractivity contribution >= 4 is 0 Å². The largest absolute Gasteiger partial charge is 0.320 e. The summed E-state index contributed by atoms with van der Waals surface area (Å²) in [5.74, 6) is 0.575. The van der Waals surface area contributed by atoms with Crippen molar-refractivity contribution in [1.82, 2.24) is 9.13 Å². The monoisotopic (exact) mass is 270 g/mol. The first-order valence-corrected chi connectivity index (χ1v) is 7.10. The van der Waals surface area contributed by atoms with Gasteiger partial charge in [0.15, 0.2) is 0 Å². The lowest BCUT2D eigenvalue weighted by molar-refractivity contribution is 0.592. The molecule has 20 heavy (non-hydrogen) atoms. The molecule has 0 bridgehead atoms. The van der Waals surface area contributed by atoms with E-state index in [1.165, 1.54) is 4.57 Å². The topological polar surface area (TPSA) is 44.0 Å². The predicted molar refractivity (Wildman–Crippen MR) is 78.4 cm³/mol. The van der Waals surface area contributed by atoms with Crippen LogP contribution in [-0.4, -0.2) is 9.13 Å². The molecule has 0 radical (unpaired) electrons. The average molecular weight is 270 g/mol. The Bertz CT molecular complexity index is 739. The first-order valence-electron chi connectivity index (χ1n) is 7.10. The van der Waals surface area contributed by atoms with Crippen LogP contribution in [0.4, 0.5) is 0 Å². The molecule has 1 aliphatic rings. The highest BCUT2D eigenvalue weighted by Crippen LogP contribution is 2.29. The van der Waals surface area contributed by atoms with E-state index < -0.39 is 11.1 Å². The molecule has 1 aromatic carbocycles. The van der Waals surface area contributed by atoms with E-state index in [9.17, 15) is 9.59 Å². The smallest absolute Gasteiger partial charge is 0.309 e. The maximum Gasteiger partial charge on any atom is 0.320 e. The minimum atomic E-state index is -0.471. The van der Waals surface area contributed by atoms with Gasteiger partial charge in [-0.1, -0.05) is 19.1 Å². The fourth-order valence-electron chi connectivity index (χ4n) is 2.36. The summed E-state index contributed by atoms with van der Waals surface area (Å²) in [5.41, 5.74) is 1.00. The summed E-state index contributed by atoms with van der Waals surface area (Å²) in [5, 5.41) is 0. The van der Waals surface area contributed by atoms with E-state index in [0.717, 1.165) is 30.5 Å². The fourth-order valence-corrected chi connectivity index (χ4v) is 2.36. The van der Waals surface area contributed by atoms with Gasteiger partial charge in [0.25, 0.3) is 0 Å². The zero-order chi connectivity index (χ0) is 14.1. The van der Waals surface area contributed by atoms with Crippen molar-refractivity contribution in [1.29, 1.82) is 0 Å². The molecule has 1 saturated carbocycles. The number of benzene rings is 1. The molecule has 0 N–H and O–H groups in total. The lowest BCUT2D eigenvalue weighted by atomic mass is 10.1. The number of rotatable bonds is 4. The maximum atomic E-state index is 12.2. The third kappa shape index (κ3) is 2.46. The molecule has 0 aliphatic heterocycles. The standard InChI is InChI=1S/C16H18N2O2/c1-2-12-4-3-5-14(10-12)18-9-8-17(11-13-6-7-13)15(19)16(18)20/h3-5,8-10,13H,2,6-7,11H2,1H3. The first kappa shape index (κ1) is 12.9. The molecule has 1 fully saturated rings. The normalized spacial score (nSPS) is 14.4. The first-order chi connectivity index (χ1) is 9.69. The van der Waals surface area contributed by atoms with Gasteiger partial charge in [-0.25, -0.2) is 0 Å². The van der Waals surface area contributed by atoms with Crippen LogP contribution in [0.15, 0.2) is 46.2 Å². The number of aromatic nitrogens is 2. The van der Waals surface area contributed by atoms with E-state index in [1.54, 1.807) is 17.0 Å². The summed E-state index contributed by atoms with van der Waals surface area (Å²) in [6.45, 7) is 2.74. The molecule has 1 heterocycles. The van der Waals surface area contributed by atoms with Crippen molar-refractivity contribution in [3.8, 4) is 5.69 Å². The molecular weight excluding hydrogens is 252 g/mol. The Morgan fingerprint density at radius 3 is 2.65 bits per heavy atom. The van der Waals surface area contributed by atoms with Crippen molar-refractivity contribution in [2.45, 2.75) is 32.7 Å². The second-order valence-electron chi connectivity index (χ2n) is 5.40. The molecule has 0 unspecified atom stereocenters. The van der Waals surface area contributed by atoms with Crippen molar-refractivity contribution in [3.05, 3.63) is 62.9 Å². The molecule has 1 aliphatic carbocycles. The Morgan fingerprint density at radius 2 is 1.95 bits per heavy atom. The fraction of sp³-hybridized carbons (Fsp3) is 0.375. The SMILES string of the molecule is CCc1cccc(-n2ccn(CC3CC3)c(=O)c2=O)c1. The van der Waals surface area contributed by atoms with Gasteiger partial charge >= 0.3 is 11.1 Å². The van der Waals surface area contributed by atoms with Crippen LogP contribution in [0, 0.1) is 5.92 Å². The molecule has 0 saturated heterocycles. The van der Waals surface area contributed by atoms with Crippen molar-refractivity contribution in [2.24, 2.45) is 5.92 Å². The highest BCUT2D eigenvalue weighted by molar-refractivity contribution is 5.35. The zero-order valence-corrected chi connectivity index (χ0v) is 11.6. The van der Waals surface area contributed by atoms with Gasteiger partial charge in [0, 0.05) is 24.6 Å². The van der Waals surface area contributed by atoms with E-state index in [4.69, 9.17) is 0 Å². The van der Waals surface area contributed by atoms with Crippen molar-refractivity contribution < 1.29 is 0 Å². The van der Waals surface area contributed by atoms with Gasteiger partial charge in [0.1, 0.15) is 0 Å². The van der Waals surface area contributed by atoms with Gasteiger partial charge in [0.05, 0.1) is 0 Å². The minimum Gasteiger partial charge on any atom is -0.309 e. The van der Waals surface area contributed by atoms with Gasteiger partial charge in [0.2, 0.25) is 0 Å². The number of hydrogen-bond acceptors (Lipinski definition) is 2. The molecule has 0 amide bonds. The van der Waals surface area contributed by atoms with Gasteiger partial charge in [-0.05, 0) is 42.9 Å². The number of nitrogens with zero attached hydrogens (tertiary/aromatic N) is 2. The van der Waals surface area contributed by atoms with Crippen LogP contribution >= 0.6 is 0 Å². The quantitative estimate of drug-likeness (QED) is 0.797. The van der Waals surface area contributed by atoms with Gasteiger partial charge in [-0.3, -0.25) is 14.2 Å². The summed E-state index contributed by atoms with van der Waals surface area (Å²) >= 11 is 0. The highest BCUT2D eigenvalue weighted by Gasteiger charge is 2.22. The van der Waals surface area contributed by atoms with E-state index >= 15 is 0 Å². The molecule has 104 valence electrons. The third-order valence-electron chi connectivity index (χ3n) is 3.81. The van der Waals surface area contributed by atoms with E-state index in [-0.39, 0.29) is 0 Å². The zero-order valence-electron chi connectivity index (χ0n) is 11.6. The summed E-state index contributed by atoms with van der Waals surface area (Å²) < 4.78 is 2.98. The second kappa shape index (κ2) is 5.12. The molecule has 0 spiro atoms. The van der Waals surface area contributed by atoms with E-state index in [0.29, 0.717) is 12.5 Å². The third-order valence-corrected chi connectivity index (χ3v) is 3.81. The lowest BCUT2D eigenvalue weighted by Crippen LogP contribution is -2.40. The minimum absolute atomic E-state index is 0.429. The Hall–Kier alpha value is -2.10. The second-order valence-corrected chi connectivity index (χ2v) is 5.40. The van der Waals surface area contributed by atoms with Crippen molar-refractivity contribution in [3.63, 3.8) is 0 Å². The molecule has 3 rings (SSSR count). The van der Waals surface area contributed by atoms with Gasteiger partial charge in [-0.15, -0.1) is 0 Å². The van der Waals surface area contributed by atoms with Crippen LogP contribution in [0.25, 0.3) is 5.69 Å². The Labute approximate surface area is 117 Å². The van der Waals surface area contributed by atoms with E-state index in [1.807, 2.05) is 24.3 Å². The predicted octanol–water partition coefficient (Wildman–Crippen LogP) is 1.97. The van der Waals surface area contributed by atoms with Crippen LogP contribution in [0.3, 0.4) is 0 Å². The summed E-state index contributed by atoms with van der Waals surface area (Å²) in [4.78, 5) is 24.3. The summed E-state index contributed by atoms with van der Waals surface area (Å²) in [6, 6.07) is 7.73. The molecule has 0 atom stereocenters.